The Bertz CT molecular complexity index is 1750. The topological polar surface area (TPSA) is 27.2 Å². The maximum Gasteiger partial charge on any atom is 0.220 e. The van der Waals surface area contributed by atoms with Crippen LogP contribution >= 0.6 is 0 Å². The average molecular weight is 386 g/mol. The van der Waals surface area contributed by atoms with Gasteiger partial charge in [-0.2, -0.15) is 0 Å². The van der Waals surface area contributed by atoms with Crippen LogP contribution in [0.4, 0.5) is 0 Å². The third-order valence-corrected chi connectivity index (χ3v) is 6.26. The third kappa shape index (κ3) is 1.83. The Hall–Kier alpha value is -4.05. The Labute approximate surface area is 172 Å². The van der Waals surface area contributed by atoms with Gasteiger partial charge >= 0.3 is 0 Å². The fourth-order valence-electron chi connectivity index (χ4n) is 4.94. The van der Waals surface area contributed by atoms with Crippen molar-refractivity contribution < 1.29 is 0 Å². The molecule has 0 aliphatic carbocycles. The number of imidazole rings is 2. The lowest BCUT2D eigenvalue weighted by atomic mass is 10.1. The Morgan fingerprint density at radius 3 is 2.10 bits per heavy atom. The lowest BCUT2D eigenvalue weighted by molar-refractivity contribution is 1.01. The van der Waals surface area contributed by atoms with Gasteiger partial charge in [0.1, 0.15) is 5.52 Å². The second-order valence-electron chi connectivity index (χ2n) is 7.81. The van der Waals surface area contributed by atoms with Crippen LogP contribution in [0.3, 0.4) is 0 Å². The normalized spacial score (nSPS) is 12.2. The summed E-state index contributed by atoms with van der Waals surface area (Å²) in [5, 5.41) is 2.47. The van der Waals surface area contributed by atoms with E-state index < -0.39 is 0 Å². The zero-order valence-corrected chi connectivity index (χ0v) is 16.4. The van der Waals surface area contributed by atoms with Crippen LogP contribution in [-0.2, 0) is 7.05 Å². The summed E-state index contributed by atoms with van der Waals surface area (Å²) < 4.78 is 6.81. The van der Waals surface area contributed by atoms with Gasteiger partial charge in [0, 0.05) is 29.0 Å². The fraction of sp³-hybridized carbons (Fsp3) is 0.0385. The maximum atomic E-state index is 5.23. The molecule has 7 aromatic rings. The largest absolute Gasteiger partial charge is 0.344 e. The van der Waals surface area contributed by atoms with Gasteiger partial charge < -0.3 is 4.57 Å². The highest BCUT2D eigenvalue weighted by Gasteiger charge is 2.20. The molecule has 4 nitrogen and oxygen atoms in total. The number of hydrogen-bond acceptors (Lipinski definition) is 1. The van der Waals surface area contributed by atoms with Gasteiger partial charge in [-0.1, -0.05) is 48.5 Å². The molecule has 30 heavy (non-hydrogen) atoms. The van der Waals surface area contributed by atoms with Crippen molar-refractivity contribution in [3.05, 3.63) is 91.0 Å². The van der Waals surface area contributed by atoms with Gasteiger partial charge in [0.15, 0.2) is 0 Å². The van der Waals surface area contributed by atoms with E-state index in [1.54, 1.807) is 0 Å². The molecule has 0 aliphatic rings. The molecule has 3 heterocycles. The summed E-state index contributed by atoms with van der Waals surface area (Å²) in [4.78, 5) is 5.23. The molecular formula is C26H18N4. The zero-order chi connectivity index (χ0) is 19.8. The van der Waals surface area contributed by atoms with Crippen molar-refractivity contribution in [2.75, 3.05) is 0 Å². The van der Waals surface area contributed by atoms with Crippen LogP contribution in [0.25, 0.3) is 55.3 Å². The second kappa shape index (κ2) is 5.51. The van der Waals surface area contributed by atoms with Crippen LogP contribution in [-0.4, -0.2) is 18.5 Å². The third-order valence-electron chi connectivity index (χ3n) is 6.26. The van der Waals surface area contributed by atoms with E-state index in [0.29, 0.717) is 0 Å². The van der Waals surface area contributed by atoms with Gasteiger partial charge in [-0.15, -0.1) is 0 Å². The van der Waals surface area contributed by atoms with Crippen LogP contribution in [0.5, 0.6) is 0 Å². The first-order chi connectivity index (χ1) is 14.8. The fourth-order valence-corrected chi connectivity index (χ4v) is 4.94. The van der Waals surface area contributed by atoms with Crippen molar-refractivity contribution >= 4 is 49.7 Å². The predicted octanol–water partition coefficient (Wildman–Crippen LogP) is 6.08. The lowest BCUT2D eigenvalue weighted by Crippen LogP contribution is -1.94. The summed E-state index contributed by atoms with van der Waals surface area (Å²) in [5.41, 5.74) is 8.07. The number of para-hydroxylation sites is 4. The van der Waals surface area contributed by atoms with Crippen LogP contribution in [0.1, 0.15) is 0 Å². The van der Waals surface area contributed by atoms with Crippen molar-refractivity contribution in [1.82, 2.24) is 18.5 Å². The molecule has 0 saturated heterocycles. The molecule has 0 spiro atoms. The number of aryl methyl sites for hydroxylation is 1. The Morgan fingerprint density at radius 2 is 1.27 bits per heavy atom. The number of fused-ring (bicyclic) bond motifs is 9. The van der Waals surface area contributed by atoms with Crippen LogP contribution < -0.4 is 0 Å². The van der Waals surface area contributed by atoms with Crippen molar-refractivity contribution in [1.29, 1.82) is 0 Å². The van der Waals surface area contributed by atoms with Crippen LogP contribution in [0.2, 0.25) is 0 Å². The average Bonchev–Trinajstić information content (AvgIpc) is 3.42. The molecule has 0 atom stereocenters. The standard InChI is InChI=1S/C26H18N4/c1-28-19-12-6-5-11-18(19)24-22(28)15-16-23-25(24)27-26-29(17-9-3-2-4-10-17)20-13-7-8-14-21(20)30(23)26/h2-16H,1H3. The quantitative estimate of drug-likeness (QED) is 0.336. The highest BCUT2D eigenvalue weighted by atomic mass is 15.2. The second-order valence-corrected chi connectivity index (χ2v) is 7.81. The van der Waals surface area contributed by atoms with Crippen molar-refractivity contribution in [2.45, 2.75) is 0 Å². The molecule has 0 bridgehead atoms. The van der Waals surface area contributed by atoms with E-state index >= 15 is 0 Å². The molecule has 4 heteroatoms. The van der Waals surface area contributed by atoms with Gasteiger partial charge in [-0.3, -0.25) is 8.97 Å². The smallest absolute Gasteiger partial charge is 0.220 e. The van der Waals surface area contributed by atoms with E-state index in [1.807, 2.05) is 6.07 Å². The zero-order valence-electron chi connectivity index (χ0n) is 16.4. The van der Waals surface area contributed by atoms with E-state index in [4.69, 9.17) is 4.98 Å². The minimum Gasteiger partial charge on any atom is -0.344 e. The van der Waals surface area contributed by atoms with Gasteiger partial charge in [0.25, 0.3) is 0 Å². The minimum atomic E-state index is 0.942. The van der Waals surface area contributed by atoms with Gasteiger partial charge in [0.2, 0.25) is 5.78 Å². The van der Waals surface area contributed by atoms with Crippen molar-refractivity contribution in [3.63, 3.8) is 0 Å². The summed E-state index contributed by atoms with van der Waals surface area (Å²) >= 11 is 0. The summed E-state index contributed by atoms with van der Waals surface area (Å²) in [6.45, 7) is 0. The Balaban J connectivity index is 1.75. The summed E-state index contributed by atoms with van der Waals surface area (Å²) in [7, 11) is 2.13. The number of hydrogen-bond donors (Lipinski definition) is 0. The molecular weight excluding hydrogens is 368 g/mol. The van der Waals surface area contributed by atoms with E-state index in [1.165, 1.54) is 27.3 Å². The molecule has 0 N–H and O–H groups in total. The number of nitrogens with zero attached hydrogens (tertiary/aromatic N) is 4. The predicted molar refractivity (Wildman–Crippen MR) is 124 cm³/mol. The van der Waals surface area contributed by atoms with E-state index in [-0.39, 0.29) is 0 Å². The summed E-state index contributed by atoms with van der Waals surface area (Å²) in [5.74, 6) is 0.942. The number of rotatable bonds is 1. The number of aromatic nitrogens is 4. The highest BCUT2D eigenvalue weighted by Crippen LogP contribution is 2.36. The van der Waals surface area contributed by atoms with Crippen LogP contribution in [0, 0.1) is 0 Å². The first-order valence-electron chi connectivity index (χ1n) is 10.2. The Morgan fingerprint density at radius 1 is 0.600 bits per heavy atom. The van der Waals surface area contributed by atoms with Gasteiger partial charge in [0.05, 0.1) is 22.1 Å². The van der Waals surface area contributed by atoms with E-state index in [0.717, 1.165) is 28.0 Å². The molecule has 0 saturated carbocycles. The van der Waals surface area contributed by atoms with E-state index in [9.17, 15) is 0 Å². The van der Waals surface area contributed by atoms with Crippen molar-refractivity contribution in [2.24, 2.45) is 7.05 Å². The molecule has 142 valence electrons. The van der Waals surface area contributed by atoms with Gasteiger partial charge in [-0.05, 0) is 42.5 Å². The summed E-state index contributed by atoms with van der Waals surface area (Å²) in [6.07, 6.45) is 0. The van der Waals surface area contributed by atoms with Crippen LogP contribution in [0.15, 0.2) is 91.0 Å². The molecule has 0 aliphatic heterocycles. The molecule has 3 aromatic heterocycles. The Kier molecular flexibility index (Phi) is 2.91. The number of benzene rings is 4. The SMILES string of the molecule is Cn1c2ccccc2c2c3nc4n(-c5ccccc5)c5ccccc5n4c3ccc21. The van der Waals surface area contributed by atoms with Gasteiger partial charge in [-0.25, -0.2) is 4.98 Å². The molecule has 7 rings (SSSR count). The lowest BCUT2D eigenvalue weighted by Gasteiger charge is -2.04. The maximum absolute atomic E-state index is 5.23. The molecule has 4 aromatic carbocycles. The minimum absolute atomic E-state index is 0.942. The molecule has 0 unspecified atom stereocenters. The monoisotopic (exact) mass is 386 g/mol. The molecule has 0 radical (unpaired) electrons. The first kappa shape index (κ1) is 15.8. The summed E-state index contributed by atoms with van der Waals surface area (Å²) in [6, 6.07) is 32.0. The van der Waals surface area contributed by atoms with E-state index in [2.05, 4.69) is 106 Å². The first-order valence-corrected chi connectivity index (χ1v) is 10.2. The van der Waals surface area contributed by atoms with Crippen molar-refractivity contribution in [3.8, 4) is 5.69 Å². The molecule has 0 fully saturated rings. The highest BCUT2D eigenvalue weighted by molar-refractivity contribution is 6.19. The molecule has 0 amide bonds.